The van der Waals surface area contributed by atoms with Gasteiger partial charge < -0.3 is 15.5 Å². The molecule has 2 aliphatic rings. The molecule has 1 aromatic heterocycles. The first-order valence-corrected chi connectivity index (χ1v) is 10.4. The largest absolute Gasteiger partial charge is 0.356 e. The van der Waals surface area contributed by atoms with Gasteiger partial charge in [0.15, 0.2) is 5.96 Å². The van der Waals surface area contributed by atoms with Crippen LogP contribution in [0.25, 0.3) is 0 Å². The van der Waals surface area contributed by atoms with Crippen molar-refractivity contribution in [2.75, 3.05) is 26.7 Å². The van der Waals surface area contributed by atoms with E-state index in [1.54, 1.807) is 18.4 Å². The summed E-state index contributed by atoms with van der Waals surface area (Å²) in [5.74, 6) is 0.786. The van der Waals surface area contributed by atoms with E-state index < -0.39 is 11.6 Å². The fraction of sp³-hybridized carbons (Fsp3) is 0.667. The highest BCUT2D eigenvalue weighted by molar-refractivity contribution is 7.09. The summed E-state index contributed by atoms with van der Waals surface area (Å²) < 4.78 is 0. The highest BCUT2D eigenvalue weighted by Crippen LogP contribution is 2.30. The molecule has 0 spiro atoms. The number of urea groups is 1. The zero-order valence-corrected chi connectivity index (χ0v) is 17.0. The fourth-order valence-corrected chi connectivity index (χ4v) is 4.55. The molecule has 8 nitrogen and oxygen atoms in total. The molecule has 3 amide bonds. The highest BCUT2D eigenvalue weighted by Gasteiger charge is 2.48. The number of imide groups is 1. The minimum absolute atomic E-state index is 0.126. The van der Waals surface area contributed by atoms with Gasteiger partial charge >= 0.3 is 6.03 Å². The number of hydrogen-bond donors (Lipinski definition) is 3. The first-order valence-electron chi connectivity index (χ1n) is 9.48. The van der Waals surface area contributed by atoms with Crippen molar-refractivity contribution in [2.45, 2.75) is 45.1 Å². The van der Waals surface area contributed by atoms with Gasteiger partial charge in [0.2, 0.25) is 0 Å². The Bertz CT molecular complexity index is 725. The third-order valence-corrected chi connectivity index (χ3v) is 6.50. The van der Waals surface area contributed by atoms with Crippen LogP contribution in [-0.2, 0) is 17.6 Å². The third kappa shape index (κ3) is 4.23. The van der Waals surface area contributed by atoms with Gasteiger partial charge in [0.1, 0.15) is 5.54 Å². The normalized spacial score (nSPS) is 24.1. The number of aryl methyl sites for hydroxylation is 1. The lowest BCUT2D eigenvalue weighted by atomic mass is 9.79. The van der Waals surface area contributed by atoms with Crippen molar-refractivity contribution in [1.82, 2.24) is 25.8 Å². The number of thiazole rings is 1. The number of amides is 3. The van der Waals surface area contributed by atoms with Gasteiger partial charge in [-0.25, -0.2) is 9.78 Å². The predicted molar refractivity (Wildman–Crippen MR) is 106 cm³/mol. The van der Waals surface area contributed by atoms with E-state index in [4.69, 9.17) is 0 Å². The summed E-state index contributed by atoms with van der Waals surface area (Å²) in [7, 11) is 1.79. The van der Waals surface area contributed by atoms with Gasteiger partial charge in [-0.2, -0.15) is 0 Å². The van der Waals surface area contributed by atoms with Crippen molar-refractivity contribution in [3.63, 3.8) is 0 Å². The van der Waals surface area contributed by atoms with E-state index in [1.165, 1.54) is 5.01 Å². The maximum atomic E-state index is 12.1. The first-order chi connectivity index (χ1) is 13.0. The van der Waals surface area contributed by atoms with Crippen LogP contribution in [0.3, 0.4) is 0 Å². The first kappa shape index (κ1) is 19.6. The number of aliphatic imine (C=N–C) groups is 1. The molecule has 0 bridgehead atoms. The van der Waals surface area contributed by atoms with Crippen LogP contribution in [0, 0.1) is 5.92 Å². The van der Waals surface area contributed by atoms with Crippen LogP contribution in [-0.4, -0.2) is 60.0 Å². The van der Waals surface area contributed by atoms with E-state index in [1.807, 2.05) is 6.92 Å². The quantitative estimate of drug-likeness (QED) is 0.396. The van der Waals surface area contributed by atoms with E-state index in [0.29, 0.717) is 0 Å². The Labute approximate surface area is 163 Å². The second-order valence-electron chi connectivity index (χ2n) is 7.18. The van der Waals surface area contributed by atoms with Crippen molar-refractivity contribution in [1.29, 1.82) is 0 Å². The van der Waals surface area contributed by atoms with Crippen LogP contribution in [0.1, 0.15) is 37.4 Å². The topological polar surface area (TPSA) is 98.7 Å². The molecule has 2 fully saturated rings. The molecule has 0 aliphatic carbocycles. The minimum atomic E-state index is -0.804. The third-order valence-electron chi connectivity index (χ3n) is 5.46. The molecule has 3 heterocycles. The summed E-state index contributed by atoms with van der Waals surface area (Å²) in [6.07, 6.45) is 3.51. The Kier molecular flexibility index (Phi) is 5.98. The summed E-state index contributed by atoms with van der Waals surface area (Å²) in [5, 5.41) is 11.9. The minimum Gasteiger partial charge on any atom is -0.356 e. The van der Waals surface area contributed by atoms with Gasteiger partial charge in [-0.15, -0.1) is 11.3 Å². The van der Waals surface area contributed by atoms with Crippen molar-refractivity contribution >= 4 is 29.2 Å². The van der Waals surface area contributed by atoms with E-state index >= 15 is 0 Å². The number of rotatable bonds is 5. The van der Waals surface area contributed by atoms with Crippen LogP contribution >= 0.6 is 11.3 Å². The molecule has 0 radical (unpaired) electrons. The second-order valence-corrected chi connectivity index (χ2v) is 8.12. The van der Waals surface area contributed by atoms with Gasteiger partial charge in [0, 0.05) is 38.5 Å². The van der Waals surface area contributed by atoms with E-state index in [-0.39, 0.29) is 11.8 Å². The lowest BCUT2D eigenvalue weighted by molar-refractivity contribution is -0.125. The van der Waals surface area contributed by atoms with Gasteiger partial charge in [0.05, 0.1) is 10.7 Å². The molecule has 1 atom stereocenters. The monoisotopic (exact) mass is 392 g/mol. The average molecular weight is 393 g/mol. The molecule has 27 heavy (non-hydrogen) atoms. The van der Waals surface area contributed by atoms with Crippen LogP contribution in [0.2, 0.25) is 0 Å². The van der Waals surface area contributed by atoms with Crippen LogP contribution in [0.15, 0.2) is 10.4 Å². The number of nitrogens with one attached hydrogen (secondary N) is 3. The molecule has 0 saturated carbocycles. The molecule has 2 aliphatic heterocycles. The van der Waals surface area contributed by atoms with Crippen LogP contribution in [0.4, 0.5) is 4.79 Å². The Morgan fingerprint density at radius 1 is 1.44 bits per heavy atom. The number of carbonyl (C=O) groups excluding carboxylic acids is 2. The van der Waals surface area contributed by atoms with E-state index in [0.717, 1.165) is 57.0 Å². The fourth-order valence-electron chi connectivity index (χ4n) is 3.77. The highest BCUT2D eigenvalue weighted by atomic mass is 32.1. The Morgan fingerprint density at radius 3 is 2.74 bits per heavy atom. The van der Waals surface area contributed by atoms with Crippen molar-refractivity contribution < 1.29 is 9.59 Å². The zero-order valence-electron chi connectivity index (χ0n) is 16.2. The number of hydrogen-bond acceptors (Lipinski definition) is 5. The molecule has 0 aromatic carbocycles. The maximum Gasteiger partial charge on any atom is 0.322 e. The summed E-state index contributed by atoms with van der Waals surface area (Å²) in [6.45, 7) is 6.33. The van der Waals surface area contributed by atoms with Gasteiger partial charge in [-0.05, 0) is 32.1 Å². The molecule has 3 rings (SSSR count). The maximum absolute atomic E-state index is 12.1. The SMILES string of the molecule is CCc1nc(CCNC(=NC)N2CCC(C3(C)NC(=O)NC3=O)CC2)cs1. The molecule has 148 valence electrons. The lowest BCUT2D eigenvalue weighted by Crippen LogP contribution is -2.55. The van der Waals surface area contributed by atoms with Gasteiger partial charge in [0.25, 0.3) is 5.91 Å². The molecular weight excluding hydrogens is 364 g/mol. The molecule has 1 unspecified atom stereocenters. The van der Waals surface area contributed by atoms with Crippen molar-refractivity contribution in [3.05, 3.63) is 16.1 Å². The molecule has 3 N–H and O–H groups in total. The van der Waals surface area contributed by atoms with E-state index in [9.17, 15) is 9.59 Å². The zero-order chi connectivity index (χ0) is 19.4. The summed E-state index contributed by atoms with van der Waals surface area (Å²) in [6, 6.07) is -0.393. The Hall–Kier alpha value is -2.16. The summed E-state index contributed by atoms with van der Waals surface area (Å²) >= 11 is 1.71. The predicted octanol–water partition coefficient (Wildman–Crippen LogP) is 1.13. The van der Waals surface area contributed by atoms with Crippen molar-refractivity contribution in [2.24, 2.45) is 10.9 Å². The van der Waals surface area contributed by atoms with Gasteiger partial charge in [-0.3, -0.25) is 15.1 Å². The molecular formula is C18H28N6O2S. The summed E-state index contributed by atoms with van der Waals surface area (Å²) in [4.78, 5) is 34.8. The number of nitrogens with zero attached hydrogens (tertiary/aromatic N) is 3. The number of piperidine rings is 1. The standard InChI is InChI=1S/C18H28N6O2S/c1-4-14-21-13(11-27-14)5-8-20-16(19-3)24-9-6-12(7-10-24)18(2)15(25)22-17(26)23-18/h11-12H,4-10H2,1-3H3,(H,19,20)(H2,22,23,25,26). The average Bonchev–Trinajstić information content (AvgIpc) is 3.23. The number of aromatic nitrogens is 1. The number of carbonyl (C=O) groups is 2. The van der Waals surface area contributed by atoms with Gasteiger partial charge in [-0.1, -0.05) is 6.92 Å². The van der Waals surface area contributed by atoms with E-state index in [2.05, 4.69) is 43.1 Å². The van der Waals surface area contributed by atoms with Crippen LogP contribution in [0.5, 0.6) is 0 Å². The molecule has 1 aromatic rings. The lowest BCUT2D eigenvalue weighted by Gasteiger charge is -2.39. The number of guanidine groups is 1. The smallest absolute Gasteiger partial charge is 0.322 e. The molecule has 9 heteroatoms. The Balaban J connectivity index is 1.48. The molecule has 2 saturated heterocycles. The number of likely N-dealkylation sites (tertiary alicyclic amines) is 1. The second kappa shape index (κ2) is 8.24. The van der Waals surface area contributed by atoms with Crippen LogP contribution < -0.4 is 16.0 Å². The van der Waals surface area contributed by atoms with Crippen molar-refractivity contribution in [3.8, 4) is 0 Å². The summed E-state index contributed by atoms with van der Waals surface area (Å²) in [5.41, 5.74) is 0.316. The Morgan fingerprint density at radius 2 is 2.19 bits per heavy atom.